The SMILES string of the molecule is O=C(NCCO)Nc1ccc2c(-c3c(-c4ccccn4)nn4c3CCC4)ccnc2c1. The molecule has 5 rings (SSSR count). The Morgan fingerprint density at radius 2 is 2.06 bits per heavy atom. The quantitative estimate of drug-likeness (QED) is 0.465. The predicted octanol–water partition coefficient (Wildman–Crippen LogP) is 3.22. The number of carbonyl (C=O) groups excluding carboxylic acids is 1. The standard InChI is InChI=1S/C23H22N6O2/c30-13-11-26-23(31)27-15-6-7-16-17(8-10-25-19(16)14-15)21-20-5-3-12-29(20)28-22(21)18-4-1-2-9-24-18/h1-2,4,6-10,14,30H,3,5,11-13H2,(H2,26,27,31). The Morgan fingerprint density at radius 1 is 1.13 bits per heavy atom. The van der Waals surface area contributed by atoms with E-state index in [1.165, 1.54) is 5.69 Å². The molecule has 31 heavy (non-hydrogen) atoms. The van der Waals surface area contributed by atoms with Crippen molar-refractivity contribution in [1.82, 2.24) is 25.1 Å². The van der Waals surface area contributed by atoms with Crippen molar-refractivity contribution in [1.29, 1.82) is 0 Å². The number of aliphatic hydroxyl groups excluding tert-OH is 1. The van der Waals surface area contributed by atoms with E-state index in [1.54, 1.807) is 12.4 Å². The Hall–Kier alpha value is -3.78. The summed E-state index contributed by atoms with van der Waals surface area (Å²) in [5.74, 6) is 0. The lowest BCUT2D eigenvalue weighted by atomic mass is 9.96. The third kappa shape index (κ3) is 3.62. The lowest BCUT2D eigenvalue weighted by molar-refractivity contribution is 0.245. The number of pyridine rings is 2. The van der Waals surface area contributed by atoms with Crippen LogP contribution < -0.4 is 10.6 Å². The highest BCUT2D eigenvalue weighted by molar-refractivity contribution is 6.01. The van der Waals surface area contributed by atoms with E-state index in [0.29, 0.717) is 5.69 Å². The molecule has 0 saturated carbocycles. The first kappa shape index (κ1) is 19.2. The maximum absolute atomic E-state index is 11.9. The molecule has 4 heterocycles. The van der Waals surface area contributed by atoms with E-state index >= 15 is 0 Å². The van der Waals surface area contributed by atoms with Gasteiger partial charge in [0, 0.05) is 47.8 Å². The molecule has 0 atom stereocenters. The van der Waals surface area contributed by atoms with E-state index in [1.807, 2.05) is 42.5 Å². The van der Waals surface area contributed by atoms with Crippen molar-refractivity contribution in [2.45, 2.75) is 19.4 Å². The van der Waals surface area contributed by atoms with Gasteiger partial charge in [0.1, 0.15) is 5.69 Å². The van der Waals surface area contributed by atoms with Crippen LogP contribution in [0.15, 0.2) is 54.9 Å². The number of aryl methyl sites for hydroxylation is 1. The summed E-state index contributed by atoms with van der Waals surface area (Å²) in [7, 11) is 0. The number of fused-ring (bicyclic) bond motifs is 2. The van der Waals surface area contributed by atoms with Crippen LogP contribution >= 0.6 is 0 Å². The van der Waals surface area contributed by atoms with Crippen LogP contribution in [-0.2, 0) is 13.0 Å². The minimum absolute atomic E-state index is 0.106. The number of nitrogens with one attached hydrogen (secondary N) is 2. The van der Waals surface area contributed by atoms with Gasteiger partial charge in [-0.1, -0.05) is 12.1 Å². The Labute approximate surface area is 179 Å². The summed E-state index contributed by atoms with van der Waals surface area (Å²) in [4.78, 5) is 21.0. The highest BCUT2D eigenvalue weighted by Crippen LogP contribution is 2.39. The van der Waals surface area contributed by atoms with Gasteiger partial charge < -0.3 is 15.7 Å². The maximum atomic E-state index is 11.9. The molecule has 156 valence electrons. The number of hydrogen-bond acceptors (Lipinski definition) is 5. The molecule has 0 aliphatic carbocycles. The summed E-state index contributed by atoms with van der Waals surface area (Å²) in [6.45, 7) is 1.00. The van der Waals surface area contributed by atoms with E-state index in [0.717, 1.165) is 52.8 Å². The number of carbonyl (C=O) groups is 1. The van der Waals surface area contributed by atoms with E-state index in [9.17, 15) is 4.79 Å². The smallest absolute Gasteiger partial charge is 0.319 e. The molecule has 3 aromatic heterocycles. The minimum atomic E-state index is -0.364. The molecule has 1 aliphatic rings. The van der Waals surface area contributed by atoms with Gasteiger partial charge in [-0.2, -0.15) is 5.10 Å². The van der Waals surface area contributed by atoms with Crippen LogP contribution in [0.2, 0.25) is 0 Å². The van der Waals surface area contributed by atoms with Gasteiger partial charge in [-0.3, -0.25) is 14.6 Å². The number of urea groups is 1. The number of aromatic nitrogens is 4. The van der Waals surface area contributed by atoms with Crippen LogP contribution in [0.5, 0.6) is 0 Å². The molecule has 0 bridgehead atoms. The van der Waals surface area contributed by atoms with Gasteiger partial charge in [0.05, 0.1) is 17.8 Å². The minimum Gasteiger partial charge on any atom is -0.395 e. The first-order valence-electron chi connectivity index (χ1n) is 10.3. The van der Waals surface area contributed by atoms with Gasteiger partial charge in [-0.25, -0.2) is 4.79 Å². The number of nitrogens with zero attached hydrogens (tertiary/aromatic N) is 4. The molecule has 2 amide bonds. The van der Waals surface area contributed by atoms with E-state index < -0.39 is 0 Å². The third-order valence-electron chi connectivity index (χ3n) is 5.42. The van der Waals surface area contributed by atoms with Gasteiger partial charge in [0.15, 0.2) is 0 Å². The number of anilines is 1. The van der Waals surface area contributed by atoms with Crippen molar-refractivity contribution in [2.75, 3.05) is 18.5 Å². The number of benzene rings is 1. The lowest BCUT2D eigenvalue weighted by Gasteiger charge is -2.11. The highest BCUT2D eigenvalue weighted by atomic mass is 16.3. The van der Waals surface area contributed by atoms with E-state index in [2.05, 4.69) is 25.3 Å². The molecule has 0 unspecified atom stereocenters. The Bertz CT molecular complexity index is 1250. The second-order valence-corrected chi connectivity index (χ2v) is 7.41. The van der Waals surface area contributed by atoms with E-state index in [-0.39, 0.29) is 19.2 Å². The summed E-state index contributed by atoms with van der Waals surface area (Å²) in [6.07, 6.45) is 5.63. The zero-order valence-corrected chi connectivity index (χ0v) is 16.9. The number of aliphatic hydroxyl groups is 1. The molecule has 0 spiro atoms. The Balaban J connectivity index is 1.59. The molecule has 8 heteroatoms. The zero-order valence-electron chi connectivity index (χ0n) is 16.9. The van der Waals surface area contributed by atoms with Crippen LogP contribution in [0.3, 0.4) is 0 Å². The average molecular weight is 414 g/mol. The average Bonchev–Trinajstić information content (AvgIpc) is 3.39. The summed E-state index contributed by atoms with van der Waals surface area (Å²) < 4.78 is 2.09. The van der Waals surface area contributed by atoms with Crippen molar-refractivity contribution in [3.05, 3.63) is 60.6 Å². The zero-order chi connectivity index (χ0) is 21.2. The normalized spacial score (nSPS) is 12.7. The second-order valence-electron chi connectivity index (χ2n) is 7.41. The van der Waals surface area contributed by atoms with Gasteiger partial charge in [0.2, 0.25) is 0 Å². The fourth-order valence-corrected chi connectivity index (χ4v) is 4.09. The molecule has 1 aliphatic heterocycles. The molecular formula is C23H22N6O2. The van der Waals surface area contributed by atoms with Crippen molar-refractivity contribution in [3.63, 3.8) is 0 Å². The van der Waals surface area contributed by atoms with Gasteiger partial charge in [-0.15, -0.1) is 0 Å². The number of amides is 2. The van der Waals surface area contributed by atoms with Crippen molar-refractivity contribution < 1.29 is 9.90 Å². The first-order chi connectivity index (χ1) is 15.2. The fraction of sp³-hybridized carbons (Fsp3) is 0.217. The monoisotopic (exact) mass is 414 g/mol. The summed E-state index contributed by atoms with van der Waals surface area (Å²) >= 11 is 0. The second kappa shape index (κ2) is 8.16. The fourth-order valence-electron chi connectivity index (χ4n) is 4.09. The lowest BCUT2D eigenvalue weighted by Crippen LogP contribution is -2.30. The van der Waals surface area contributed by atoms with Crippen LogP contribution in [0, 0.1) is 0 Å². The van der Waals surface area contributed by atoms with Gasteiger partial charge in [0.25, 0.3) is 0 Å². The van der Waals surface area contributed by atoms with Crippen molar-refractivity contribution in [3.8, 4) is 22.5 Å². The van der Waals surface area contributed by atoms with Gasteiger partial charge in [-0.05, 0) is 48.7 Å². The molecule has 0 fully saturated rings. The van der Waals surface area contributed by atoms with Crippen LogP contribution in [0.1, 0.15) is 12.1 Å². The molecule has 3 N–H and O–H groups in total. The van der Waals surface area contributed by atoms with Gasteiger partial charge >= 0.3 is 6.03 Å². The molecule has 0 radical (unpaired) electrons. The molecular weight excluding hydrogens is 392 g/mol. The maximum Gasteiger partial charge on any atom is 0.319 e. The predicted molar refractivity (Wildman–Crippen MR) is 119 cm³/mol. The van der Waals surface area contributed by atoms with Crippen molar-refractivity contribution in [2.24, 2.45) is 0 Å². The van der Waals surface area contributed by atoms with Crippen molar-refractivity contribution >= 4 is 22.6 Å². The molecule has 4 aromatic rings. The Kier molecular flexibility index (Phi) is 5.05. The van der Waals surface area contributed by atoms with E-state index in [4.69, 9.17) is 10.2 Å². The third-order valence-corrected chi connectivity index (χ3v) is 5.42. The van der Waals surface area contributed by atoms with Crippen LogP contribution in [0.4, 0.5) is 10.5 Å². The number of rotatable bonds is 5. The topological polar surface area (TPSA) is 105 Å². The summed E-state index contributed by atoms with van der Waals surface area (Å²) in [6, 6.07) is 13.2. The molecule has 1 aromatic carbocycles. The molecule has 8 nitrogen and oxygen atoms in total. The number of hydrogen-bond donors (Lipinski definition) is 3. The van der Waals surface area contributed by atoms with Crippen LogP contribution in [0.25, 0.3) is 33.4 Å². The summed E-state index contributed by atoms with van der Waals surface area (Å²) in [5, 5.41) is 20.1. The largest absolute Gasteiger partial charge is 0.395 e. The first-order valence-corrected chi connectivity index (χ1v) is 10.3. The summed E-state index contributed by atoms with van der Waals surface area (Å²) in [5.41, 5.74) is 6.53. The Morgan fingerprint density at radius 3 is 2.90 bits per heavy atom. The highest BCUT2D eigenvalue weighted by Gasteiger charge is 2.25. The molecule has 0 saturated heterocycles. The van der Waals surface area contributed by atoms with Crippen LogP contribution in [-0.4, -0.2) is 44.0 Å².